The largest absolute Gasteiger partial charge is 0.444 e. The maximum absolute atomic E-state index is 15.4. The van der Waals surface area contributed by atoms with E-state index in [9.17, 15) is 18.2 Å². The minimum absolute atomic E-state index is 0.0122. The molecule has 4 heterocycles. The summed E-state index contributed by atoms with van der Waals surface area (Å²) in [5, 5.41) is 4.41. The van der Waals surface area contributed by atoms with Crippen LogP contribution in [0.15, 0.2) is 39.8 Å². The molecule has 0 saturated heterocycles. The molecule has 13 heteroatoms. The SMILES string of the molecule is CC(C)(C)OC(=O)NC1=N[C@](C)(c2nc(NC(=O)c3ccc(F)cn3)ccc2F)[C@@H]2CCN=[S@]2(=O)C1(C)C. The van der Waals surface area contributed by atoms with Crippen LogP contribution in [0.1, 0.15) is 64.1 Å². The van der Waals surface area contributed by atoms with Gasteiger partial charge in [-0.25, -0.2) is 32.1 Å². The van der Waals surface area contributed by atoms with Crippen molar-refractivity contribution in [2.45, 2.75) is 69.1 Å². The average molecular weight is 549 g/mol. The molecule has 0 aliphatic carbocycles. The molecule has 2 aliphatic heterocycles. The first-order valence-corrected chi connectivity index (χ1v) is 13.6. The molecule has 2 aromatic heterocycles. The van der Waals surface area contributed by atoms with Gasteiger partial charge in [-0.3, -0.25) is 15.1 Å². The van der Waals surface area contributed by atoms with Crippen molar-refractivity contribution in [3.8, 4) is 0 Å². The number of anilines is 1. The van der Waals surface area contributed by atoms with Gasteiger partial charge >= 0.3 is 6.09 Å². The monoisotopic (exact) mass is 548 g/mol. The van der Waals surface area contributed by atoms with Gasteiger partial charge in [0, 0.05) is 6.54 Å². The molecule has 0 spiro atoms. The molecule has 4 rings (SSSR count). The molecule has 2 N–H and O–H groups in total. The summed E-state index contributed by atoms with van der Waals surface area (Å²) >= 11 is 0. The Morgan fingerprint density at radius 1 is 1.11 bits per heavy atom. The number of carbonyl (C=O) groups is 2. The van der Waals surface area contributed by atoms with Crippen molar-refractivity contribution >= 4 is 33.4 Å². The normalized spacial score (nSPS) is 26.0. The number of hydrogen-bond donors (Lipinski definition) is 2. The molecule has 10 nitrogen and oxygen atoms in total. The maximum atomic E-state index is 15.4. The lowest BCUT2D eigenvalue weighted by atomic mass is 9.89. The lowest BCUT2D eigenvalue weighted by Gasteiger charge is -2.44. The zero-order chi connectivity index (χ0) is 28.1. The Morgan fingerprint density at radius 3 is 2.45 bits per heavy atom. The second-order valence-corrected chi connectivity index (χ2v) is 13.8. The summed E-state index contributed by atoms with van der Waals surface area (Å²) < 4.78 is 51.5. The number of alkyl carbamates (subject to hydrolysis) is 1. The first-order valence-electron chi connectivity index (χ1n) is 12.0. The third kappa shape index (κ3) is 4.86. The number of aliphatic imine (C=N–C) groups is 1. The molecule has 3 atom stereocenters. The Kier molecular flexibility index (Phi) is 6.79. The van der Waals surface area contributed by atoms with Gasteiger partial charge < -0.3 is 10.1 Å². The predicted octanol–water partition coefficient (Wildman–Crippen LogP) is 4.18. The molecule has 0 bridgehead atoms. The molecule has 204 valence electrons. The van der Waals surface area contributed by atoms with Crippen LogP contribution in [0.25, 0.3) is 0 Å². The Hall–Kier alpha value is -3.48. The predicted molar refractivity (Wildman–Crippen MR) is 138 cm³/mol. The van der Waals surface area contributed by atoms with E-state index in [-0.39, 0.29) is 29.6 Å². The molecule has 0 radical (unpaired) electrons. The number of fused-ring (bicyclic) bond motifs is 1. The summed E-state index contributed by atoms with van der Waals surface area (Å²) in [6.45, 7) is 10.3. The fourth-order valence-electron chi connectivity index (χ4n) is 4.58. The lowest BCUT2D eigenvalue weighted by molar-refractivity contribution is 0.0560. The average Bonchev–Trinajstić information content (AvgIpc) is 3.23. The van der Waals surface area contributed by atoms with Crippen molar-refractivity contribution in [1.29, 1.82) is 0 Å². The Bertz CT molecular complexity index is 1440. The van der Waals surface area contributed by atoms with E-state index in [1.165, 1.54) is 12.1 Å². The second-order valence-electron chi connectivity index (χ2n) is 10.8. The number of amidine groups is 1. The zero-order valence-corrected chi connectivity index (χ0v) is 22.8. The van der Waals surface area contributed by atoms with E-state index in [4.69, 9.17) is 9.73 Å². The maximum Gasteiger partial charge on any atom is 0.413 e. The summed E-state index contributed by atoms with van der Waals surface area (Å²) in [5.41, 5.74) is -2.54. The van der Waals surface area contributed by atoms with Gasteiger partial charge in [-0.2, -0.15) is 0 Å². The van der Waals surface area contributed by atoms with Gasteiger partial charge in [-0.1, -0.05) is 0 Å². The van der Waals surface area contributed by atoms with Crippen molar-refractivity contribution in [3.63, 3.8) is 0 Å². The fourth-order valence-corrected chi connectivity index (χ4v) is 7.76. The van der Waals surface area contributed by atoms with E-state index in [1.54, 1.807) is 41.5 Å². The number of ether oxygens (including phenoxy) is 1. The summed E-state index contributed by atoms with van der Waals surface area (Å²) in [7, 11) is -3.08. The van der Waals surface area contributed by atoms with Crippen LogP contribution in [0.4, 0.5) is 19.4 Å². The van der Waals surface area contributed by atoms with E-state index in [0.29, 0.717) is 6.42 Å². The minimum Gasteiger partial charge on any atom is -0.444 e. The van der Waals surface area contributed by atoms with Crippen molar-refractivity contribution in [1.82, 2.24) is 15.3 Å². The van der Waals surface area contributed by atoms with Crippen molar-refractivity contribution < 1.29 is 27.3 Å². The van der Waals surface area contributed by atoms with Crippen molar-refractivity contribution in [2.24, 2.45) is 9.36 Å². The van der Waals surface area contributed by atoms with E-state index < -0.39 is 54.5 Å². The number of nitrogens with zero attached hydrogens (tertiary/aromatic N) is 4. The molecule has 38 heavy (non-hydrogen) atoms. The number of aromatic nitrogens is 2. The van der Waals surface area contributed by atoms with Gasteiger partial charge in [-0.05, 0) is 72.2 Å². The summed E-state index contributed by atoms with van der Waals surface area (Å²) in [6, 6.07) is 4.67. The first-order chi connectivity index (χ1) is 17.6. The van der Waals surface area contributed by atoms with Crippen LogP contribution in [-0.4, -0.2) is 54.2 Å². The second kappa shape index (κ2) is 9.37. The number of hydrogen-bond acceptors (Lipinski definition) is 8. The number of nitrogens with one attached hydrogen (secondary N) is 2. The molecular formula is C25H30F2N6O4S. The van der Waals surface area contributed by atoms with Crippen LogP contribution in [-0.2, 0) is 20.0 Å². The van der Waals surface area contributed by atoms with E-state index >= 15 is 4.39 Å². The third-order valence-electron chi connectivity index (χ3n) is 6.48. The van der Waals surface area contributed by atoms with Crippen molar-refractivity contribution in [3.05, 3.63) is 53.5 Å². The van der Waals surface area contributed by atoms with Gasteiger partial charge in [0.2, 0.25) is 0 Å². The number of pyridine rings is 2. The number of rotatable bonds is 3. The molecule has 0 unspecified atom stereocenters. The highest BCUT2D eigenvalue weighted by Gasteiger charge is 2.58. The van der Waals surface area contributed by atoms with E-state index in [0.717, 1.165) is 18.3 Å². The number of carbonyl (C=O) groups excluding carboxylic acids is 2. The van der Waals surface area contributed by atoms with Gasteiger partial charge in [0.1, 0.15) is 50.6 Å². The minimum atomic E-state index is -3.08. The van der Waals surface area contributed by atoms with Crippen LogP contribution in [0.2, 0.25) is 0 Å². The summed E-state index contributed by atoms with van der Waals surface area (Å²) in [6.07, 6.45) is 0.462. The number of amides is 2. The Morgan fingerprint density at radius 2 is 1.82 bits per heavy atom. The van der Waals surface area contributed by atoms with Gasteiger partial charge in [-0.15, -0.1) is 0 Å². The molecular weight excluding hydrogens is 518 g/mol. The molecule has 0 fully saturated rings. The third-order valence-corrected chi connectivity index (χ3v) is 10.2. The van der Waals surface area contributed by atoms with Gasteiger partial charge in [0.05, 0.1) is 21.2 Å². The molecule has 0 saturated carbocycles. The quantitative estimate of drug-likeness (QED) is 0.591. The standard InChI is InChI=1S/C25H30F2N6O4S/c1-23(2,3)37-22(35)32-21-24(4,5)38(36)17(11-12-29-38)25(6,33-21)19-15(27)8-10-18(30-19)31-20(34)16-9-7-14(26)13-28-16/h7-10,13,17H,11-12H2,1-6H3,(H,30,31,34)(H,32,33,35)/t17-,25-,38+/m0/s1. The van der Waals surface area contributed by atoms with Crippen LogP contribution in [0.5, 0.6) is 0 Å². The van der Waals surface area contributed by atoms with Crippen LogP contribution in [0.3, 0.4) is 0 Å². The molecule has 2 aromatic rings. The molecule has 0 aromatic carbocycles. The molecule has 2 amide bonds. The smallest absolute Gasteiger partial charge is 0.413 e. The van der Waals surface area contributed by atoms with Gasteiger partial charge in [0.25, 0.3) is 5.91 Å². The fraction of sp³-hybridized carbons (Fsp3) is 0.480. The Labute approximate surface area is 219 Å². The van der Waals surface area contributed by atoms with E-state index in [1.807, 2.05) is 0 Å². The first kappa shape index (κ1) is 27.6. The highest BCUT2D eigenvalue weighted by atomic mass is 32.2. The highest BCUT2D eigenvalue weighted by Crippen LogP contribution is 2.47. The Balaban J connectivity index is 1.78. The van der Waals surface area contributed by atoms with Gasteiger partial charge in [0.15, 0.2) is 0 Å². The summed E-state index contributed by atoms with van der Waals surface area (Å²) in [4.78, 5) is 38.1. The molecule has 2 aliphatic rings. The lowest BCUT2D eigenvalue weighted by Crippen LogP contribution is -2.61. The van der Waals surface area contributed by atoms with Crippen LogP contribution in [0, 0.1) is 11.6 Å². The van der Waals surface area contributed by atoms with Crippen molar-refractivity contribution in [2.75, 3.05) is 11.9 Å². The topological polar surface area (TPSA) is 135 Å². The van der Waals surface area contributed by atoms with Crippen LogP contribution >= 0.6 is 0 Å². The van der Waals surface area contributed by atoms with Crippen LogP contribution < -0.4 is 10.6 Å². The number of halogens is 2. The summed E-state index contributed by atoms with van der Waals surface area (Å²) in [5.74, 6) is -2.00. The highest BCUT2D eigenvalue weighted by molar-refractivity contribution is 7.96. The zero-order valence-electron chi connectivity index (χ0n) is 22.0. The van der Waals surface area contributed by atoms with E-state index in [2.05, 4.69) is 25.0 Å².